The molecule has 3 heteroatoms. The third-order valence-corrected chi connectivity index (χ3v) is 5.05. The zero-order valence-corrected chi connectivity index (χ0v) is 14.2. The number of carbonyl (C=O) groups excluding carboxylic acids is 1. The maximum Gasteiger partial charge on any atom is 0.252 e. The van der Waals surface area contributed by atoms with Crippen molar-refractivity contribution in [1.29, 1.82) is 0 Å². The molecule has 2 rings (SSSR count). The fraction of sp³-hybridized carbons (Fsp3) is 0.588. The smallest absolute Gasteiger partial charge is 0.252 e. The van der Waals surface area contributed by atoms with Crippen LogP contribution in [0.4, 0.5) is 0 Å². The molecule has 1 aromatic carbocycles. The third-order valence-electron chi connectivity index (χ3n) is 4.36. The fourth-order valence-corrected chi connectivity index (χ4v) is 3.62. The fourth-order valence-electron chi connectivity index (χ4n) is 3.20. The standard InChI is InChI=1S/C17H24BrNO/c1-11(2)13-6-4-5-7-16(13)19-17(20)14-10-12(3)8-9-15(14)18/h8-11,13,16H,4-7H2,1-3H3,(H,19,20). The van der Waals surface area contributed by atoms with Gasteiger partial charge >= 0.3 is 0 Å². The summed E-state index contributed by atoms with van der Waals surface area (Å²) in [7, 11) is 0. The number of benzene rings is 1. The summed E-state index contributed by atoms with van der Waals surface area (Å²) < 4.78 is 0.873. The maximum atomic E-state index is 12.5. The van der Waals surface area contributed by atoms with E-state index in [2.05, 4.69) is 35.1 Å². The molecule has 0 radical (unpaired) electrons. The number of rotatable bonds is 3. The molecule has 0 heterocycles. The molecule has 2 atom stereocenters. The molecule has 0 aromatic heterocycles. The zero-order chi connectivity index (χ0) is 14.7. The van der Waals surface area contributed by atoms with Crippen LogP contribution in [0.1, 0.15) is 55.5 Å². The van der Waals surface area contributed by atoms with Crippen molar-refractivity contribution in [3.05, 3.63) is 33.8 Å². The molecule has 1 N–H and O–H groups in total. The van der Waals surface area contributed by atoms with E-state index in [1.165, 1.54) is 19.3 Å². The minimum Gasteiger partial charge on any atom is -0.349 e. The molecule has 0 spiro atoms. The van der Waals surface area contributed by atoms with E-state index < -0.39 is 0 Å². The highest BCUT2D eigenvalue weighted by atomic mass is 79.9. The molecule has 2 nitrogen and oxygen atoms in total. The predicted octanol–water partition coefficient (Wildman–Crippen LogP) is 4.70. The Morgan fingerprint density at radius 1 is 1.30 bits per heavy atom. The summed E-state index contributed by atoms with van der Waals surface area (Å²) in [5, 5.41) is 3.27. The molecule has 1 aliphatic carbocycles. The monoisotopic (exact) mass is 337 g/mol. The van der Waals surface area contributed by atoms with E-state index in [0.717, 1.165) is 22.0 Å². The molecule has 110 valence electrons. The number of hydrogen-bond acceptors (Lipinski definition) is 1. The first-order valence-corrected chi connectivity index (χ1v) is 8.35. The number of hydrogen-bond donors (Lipinski definition) is 1. The van der Waals surface area contributed by atoms with Gasteiger partial charge in [-0.2, -0.15) is 0 Å². The van der Waals surface area contributed by atoms with Crippen LogP contribution in [0.15, 0.2) is 22.7 Å². The average molecular weight is 338 g/mol. The molecule has 1 saturated carbocycles. The summed E-state index contributed by atoms with van der Waals surface area (Å²) in [4.78, 5) is 12.5. The predicted molar refractivity (Wildman–Crippen MR) is 86.9 cm³/mol. The van der Waals surface area contributed by atoms with Gasteiger partial charge in [-0.1, -0.05) is 38.3 Å². The van der Waals surface area contributed by atoms with E-state index >= 15 is 0 Å². The molecule has 1 fully saturated rings. The number of nitrogens with one attached hydrogen (secondary N) is 1. The second-order valence-electron chi connectivity index (χ2n) is 6.26. The van der Waals surface area contributed by atoms with Crippen molar-refractivity contribution < 1.29 is 4.79 Å². The summed E-state index contributed by atoms with van der Waals surface area (Å²) >= 11 is 3.48. The van der Waals surface area contributed by atoms with Crippen molar-refractivity contribution in [2.24, 2.45) is 11.8 Å². The SMILES string of the molecule is Cc1ccc(Br)c(C(=O)NC2CCCCC2C(C)C)c1. The Kier molecular flexibility index (Phi) is 5.25. The van der Waals surface area contributed by atoms with Crippen LogP contribution >= 0.6 is 15.9 Å². The third kappa shape index (κ3) is 3.63. The molecule has 20 heavy (non-hydrogen) atoms. The molecule has 1 aliphatic rings. The Labute approximate surface area is 130 Å². The lowest BCUT2D eigenvalue weighted by atomic mass is 9.78. The first-order valence-electron chi connectivity index (χ1n) is 7.56. The van der Waals surface area contributed by atoms with Gasteiger partial charge in [-0.25, -0.2) is 0 Å². The highest BCUT2D eigenvalue weighted by Crippen LogP contribution is 2.30. The number of aryl methyl sites for hydroxylation is 1. The van der Waals surface area contributed by atoms with Gasteiger partial charge in [-0.05, 0) is 59.7 Å². The van der Waals surface area contributed by atoms with Gasteiger partial charge in [-0.3, -0.25) is 4.79 Å². The number of amides is 1. The Bertz CT molecular complexity index is 484. The lowest BCUT2D eigenvalue weighted by molar-refractivity contribution is 0.0888. The zero-order valence-electron chi connectivity index (χ0n) is 12.6. The van der Waals surface area contributed by atoms with Crippen LogP contribution in [-0.2, 0) is 0 Å². The van der Waals surface area contributed by atoms with E-state index in [-0.39, 0.29) is 5.91 Å². The molecular formula is C17H24BrNO. The first kappa shape index (κ1) is 15.6. The highest BCUT2D eigenvalue weighted by molar-refractivity contribution is 9.10. The normalized spacial score (nSPS) is 22.9. The van der Waals surface area contributed by atoms with Gasteiger partial charge in [0.15, 0.2) is 0 Å². The second kappa shape index (κ2) is 6.75. The molecule has 1 aromatic rings. The minimum absolute atomic E-state index is 0.0538. The van der Waals surface area contributed by atoms with Gasteiger partial charge in [0.05, 0.1) is 5.56 Å². The highest BCUT2D eigenvalue weighted by Gasteiger charge is 2.29. The molecular weight excluding hydrogens is 314 g/mol. The summed E-state index contributed by atoms with van der Waals surface area (Å²) in [6.07, 6.45) is 4.86. The van der Waals surface area contributed by atoms with Gasteiger partial charge < -0.3 is 5.32 Å². The summed E-state index contributed by atoms with van der Waals surface area (Å²) in [5.41, 5.74) is 1.86. The van der Waals surface area contributed by atoms with Crippen molar-refractivity contribution in [2.75, 3.05) is 0 Å². The Hall–Kier alpha value is -0.830. The van der Waals surface area contributed by atoms with Crippen LogP contribution in [0.5, 0.6) is 0 Å². The molecule has 1 amide bonds. The van der Waals surface area contributed by atoms with Crippen molar-refractivity contribution in [3.8, 4) is 0 Å². The van der Waals surface area contributed by atoms with Crippen LogP contribution in [0.25, 0.3) is 0 Å². The minimum atomic E-state index is 0.0538. The average Bonchev–Trinajstić information content (AvgIpc) is 2.41. The van der Waals surface area contributed by atoms with Crippen molar-refractivity contribution in [3.63, 3.8) is 0 Å². The Balaban J connectivity index is 2.11. The van der Waals surface area contributed by atoms with Gasteiger partial charge in [-0.15, -0.1) is 0 Å². The quantitative estimate of drug-likeness (QED) is 0.850. The van der Waals surface area contributed by atoms with Crippen LogP contribution in [0, 0.1) is 18.8 Å². The Morgan fingerprint density at radius 3 is 2.70 bits per heavy atom. The Morgan fingerprint density at radius 2 is 2.00 bits per heavy atom. The lowest BCUT2D eigenvalue weighted by Gasteiger charge is -2.35. The summed E-state index contributed by atoms with van der Waals surface area (Å²) in [5.74, 6) is 1.29. The van der Waals surface area contributed by atoms with Gasteiger partial charge in [0.1, 0.15) is 0 Å². The molecule has 2 unspecified atom stereocenters. The van der Waals surface area contributed by atoms with Crippen molar-refractivity contribution >= 4 is 21.8 Å². The maximum absolute atomic E-state index is 12.5. The van der Waals surface area contributed by atoms with E-state index in [4.69, 9.17) is 0 Å². The summed E-state index contributed by atoms with van der Waals surface area (Å²) in [6.45, 7) is 6.54. The van der Waals surface area contributed by atoms with Crippen LogP contribution in [0.3, 0.4) is 0 Å². The largest absolute Gasteiger partial charge is 0.349 e. The molecule has 0 saturated heterocycles. The summed E-state index contributed by atoms with van der Waals surface area (Å²) in [6, 6.07) is 6.24. The van der Waals surface area contributed by atoms with E-state index in [9.17, 15) is 4.79 Å². The number of carbonyl (C=O) groups is 1. The van der Waals surface area contributed by atoms with E-state index in [1.54, 1.807) is 0 Å². The van der Waals surface area contributed by atoms with Crippen LogP contribution in [0.2, 0.25) is 0 Å². The van der Waals surface area contributed by atoms with Crippen LogP contribution < -0.4 is 5.32 Å². The van der Waals surface area contributed by atoms with Crippen molar-refractivity contribution in [1.82, 2.24) is 5.32 Å². The van der Waals surface area contributed by atoms with Gasteiger partial charge in [0.25, 0.3) is 5.91 Å². The van der Waals surface area contributed by atoms with Gasteiger partial charge in [0.2, 0.25) is 0 Å². The molecule has 0 bridgehead atoms. The van der Waals surface area contributed by atoms with Crippen LogP contribution in [-0.4, -0.2) is 11.9 Å². The topological polar surface area (TPSA) is 29.1 Å². The van der Waals surface area contributed by atoms with Gasteiger partial charge in [0, 0.05) is 10.5 Å². The van der Waals surface area contributed by atoms with E-state index in [0.29, 0.717) is 17.9 Å². The van der Waals surface area contributed by atoms with Crippen molar-refractivity contribution in [2.45, 2.75) is 52.5 Å². The van der Waals surface area contributed by atoms with E-state index in [1.807, 2.05) is 25.1 Å². The lowest BCUT2D eigenvalue weighted by Crippen LogP contribution is -2.44. The second-order valence-corrected chi connectivity index (χ2v) is 7.11. The number of halogens is 1. The molecule has 0 aliphatic heterocycles. The first-order chi connectivity index (χ1) is 9.49.